The first-order chi connectivity index (χ1) is 7.59. The van der Waals surface area contributed by atoms with Crippen molar-refractivity contribution < 1.29 is 9.90 Å². The molecule has 1 N–H and O–H groups in total. The number of pyridine rings is 1. The van der Waals surface area contributed by atoms with Crippen molar-refractivity contribution in [3.05, 3.63) is 34.7 Å². The molecule has 0 aromatic carbocycles. The van der Waals surface area contributed by atoms with Crippen LogP contribution in [0.2, 0.25) is 5.15 Å². The van der Waals surface area contributed by atoms with E-state index in [1.165, 1.54) is 0 Å². The lowest BCUT2D eigenvalue weighted by molar-refractivity contribution is -0.136. The smallest absolute Gasteiger partial charge is 0.303 e. The second-order valence-electron chi connectivity index (χ2n) is 3.63. The zero-order valence-corrected chi connectivity index (χ0v) is 9.53. The van der Waals surface area contributed by atoms with Gasteiger partial charge in [0.05, 0.1) is 12.1 Å². The fourth-order valence-corrected chi connectivity index (χ4v) is 1.88. The third kappa shape index (κ3) is 1.88. The van der Waals surface area contributed by atoms with Gasteiger partial charge in [-0.25, -0.2) is 4.98 Å². The Morgan fingerprint density at radius 3 is 3.00 bits per heavy atom. The summed E-state index contributed by atoms with van der Waals surface area (Å²) >= 11 is 6.12. The minimum atomic E-state index is -0.843. The Hall–Kier alpha value is -1.55. The van der Waals surface area contributed by atoms with Crippen LogP contribution in [0.25, 0.3) is 5.65 Å². The Balaban J connectivity index is 2.44. The highest BCUT2D eigenvalue weighted by Gasteiger charge is 2.12. The van der Waals surface area contributed by atoms with Crippen molar-refractivity contribution >= 4 is 23.2 Å². The molecular weight excluding hydrogens is 228 g/mol. The summed E-state index contributed by atoms with van der Waals surface area (Å²) in [7, 11) is 0. The van der Waals surface area contributed by atoms with Gasteiger partial charge in [-0.1, -0.05) is 17.7 Å². The van der Waals surface area contributed by atoms with Crippen LogP contribution >= 0.6 is 11.6 Å². The van der Waals surface area contributed by atoms with Crippen LogP contribution in [0.15, 0.2) is 18.3 Å². The van der Waals surface area contributed by atoms with Gasteiger partial charge in [-0.2, -0.15) is 0 Å². The average Bonchev–Trinajstić information content (AvgIpc) is 2.55. The number of rotatable bonds is 3. The molecule has 0 spiro atoms. The molecule has 0 amide bonds. The predicted molar refractivity (Wildman–Crippen MR) is 60.9 cm³/mol. The standard InChI is InChI=1S/C11H11ClN2O2/c1-7-3-2-6-14-10(12)8(13-11(7)14)4-5-9(15)16/h2-3,6H,4-5H2,1H3,(H,15,16). The van der Waals surface area contributed by atoms with Crippen molar-refractivity contribution in [1.82, 2.24) is 9.38 Å². The maximum atomic E-state index is 10.5. The summed E-state index contributed by atoms with van der Waals surface area (Å²) in [4.78, 5) is 14.8. The molecule has 0 saturated carbocycles. The van der Waals surface area contributed by atoms with Crippen LogP contribution in [0.4, 0.5) is 0 Å². The first kappa shape index (κ1) is 11.0. The molecule has 2 aromatic heterocycles. The van der Waals surface area contributed by atoms with Gasteiger partial charge in [0, 0.05) is 12.6 Å². The molecule has 0 bridgehead atoms. The molecule has 2 aromatic rings. The number of halogens is 1. The number of carboxylic acid groups (broad SMARTS) is 1. The third-order valence-corrected chi connectivity index (χ3v) is 2.83. The summed E-state index contributed by atoms with van der Waals surface area (Å²) in [6, 6.07) is 3.83. The Kier molecular flexibility index (Phi) is 2.83. The molecule has 2 heterocycles. The summed E-state index contributed by atoms with van der Waals surface area (Å²) in [5.74, 6) is -0.843. The molecule has 4 nitrogen and oxygen atoms in total. The van der Waals surface area contributed by atoms with Crippen LogP contribution in [0.3, 0.4) is 0 Å². The summed E-state index contributed by atoms with van der Waals surface area (Å²) in [5.41, 5.74) is 2.44. The number of imidazole rings is 1. The minimum Gasteiger partial charge on any atom is -0.481 e. The number of aliphatic carboxylic acids is 1. The van der Waals surface area contributed by atoms with Crippen molar-refractivity contribution in [1.29, 1.82) is 0 Å². The quantitative estimate of drug-likeness (QED) is 0.893. The maximum absolute atomic E-state index is 10.5. The molecule has 0 aliphatic rings. The lowest BCUT2D eigenvalue weighted by atomic mass is 10.2. The van der Waals surface area contributed by atoms with Gasteiger partial charge < -0.3 is 5.11 Å². The van der Waals surface area contributed by atoms with Gasteiger partial charge in [0.2, 0.25) is 0 Å². The molecule has 84 valence electrons. The van der Waals surface area contributed by atoms with E-state index >= 15 is 0 Å². The van der Waals surface area contributed by atoms with Crippen LogP contribution in [-0.2, 0) is 11.2 Å². The van der Waals surface area contributed by atoms with Crippen LogP contribution in [0.5, 0.6) is 0 Å². The van der Waals surface area contributed by atoms with Gasteiger partial charge in [0.15, 0.2) is 0 Å². The fraction of sp³-hybridized carbons (Fsp3) is 0.273. The number of carbonyl (C=O) groups is 1. The topological polar surface area (TPSA) is 54.6 Å². The number of hydrogen-bond donors (Lipinski definition) is 1. The zero-order chi connectivity index (χ0) is 11.7. The van der Waals surface area contributed by atoms with Gasteiger partial charge in [0.25, 0.3) is 0 Å². The van der Waals surface area contributed by atoms with E-state index in [2.05, 4.69) is 4.98 Å². The third-order valence-electron chi connectivity index (χ3n) is 2.43. The number of hydrogen-bond acceptors (Lipinski definition) is 2. The maximum Gasteiger partial charge on any atom is 0.303 e. The number of aromatic nitrogens is 2. The first-order valence-corrected chi connectivity index (χ1v) is 5.31. The Morgan fingerprint density at radius 2 is 2.38 bits per heavy atom. The molecule has 0 aliphatic carbocycles. The molecular formula is C11H11ClN2O2. The van der Waals surface area contributed by atoms with Gasteiger partial charge in [-0.3, -0.25) is 9.20 Å². The monoisotopic (exact) mass is 238 g/mol. The van der Waals surface area contributed by atoms with Crippen molar-refractivity contribution in [3.8, 4) is 0 Å². The van der Waals surface area contributed by atoms with Crippen LogP contribution in [-0.4, -0.2) is 20.5 Å². The summed E-state index contributed by atoms with van der Waals surface area (Å²) in [6.07, 6.45) is 2.22. The van der Waals surface area contributed by atoms with Crippen LogP contribution in [0.1, 0.15) is 17.7 Å². The molecule has 0 fully saturated rings. The highest BCUT2D eigenvalue weighted by atomic mass is 35.5. The van der Waals surface area contributed by atoms with Crippen LogP contribution < -0.4 is 0 Å². The summed E-state index contributed by atoms with van der Waals surface area (Å²) < 4.78 is 1.77. The van der Waals surface area contributed by atoms with Crippen molar-refractivity contribution in [2.45, 2.75) is 19.8 Å². The van der Waals surface area contributed by atoms with E-state index in [0.717, 1.165) is 11.2 Å². The highest BCUT2D eigenvalue weighted by Crippen LogP contribution is 2.21. The molecule has 5 heteroatoms. The highest BCUT2D eigenvalue weighted by molar-refractivity contribution is 6.30. The Morgan fingerprint density at radius 1 is 1.62 bits per heavy atom. The van der Waals surface area contributed by atoms with E-state index in [1.54, 1.807) is 4.40 Å². The van der Waals surface area contributed by atoms with E-state index in [-0.39, 0.29) is 6.42 Å². The molecule has 0 atom stereocenters. The average molecular weight is 239 g/mol. The second kappa shape index (κ2) is 4.14. The van der Waals surface area contributed by atoms with Crippen molar-refractivity contribution in [3.63, 3.8) is 0 Å². The molecule has 0 aliphatic heterocycles. The second-order valence-corrected chi connectivity index (χ2v) is 3.99. The van der Waals surface area contributed by atoms with Crippen molar-refractivity contribution in [2.24, 2.45) is 0 Å². The van der Waals surface area contributed by atoms with E-state index in [1.807, 2.05) is 25.3 Å². The van der Waals surface area contributed by atoms with Gasteiger partial charge >= 0.3 is 5.97 Å². The Labute approximate surface area is 97.5 Å². The number of carboxylic acids is 1. The largest absolute Gasteiger partial charge is 0.481 e. The normalized spacial score (nSPS) is 10.9. The Bertz CT molecular complexity index is 548. The SMILES string of the molecule is Cc1cccn2c(Cl)c(CCC(=O)O)nc12. The molecule has 0 unspecified atom stereocenters. The predicted octanol–water partition coefficient (Wildman–Crippen LogP) is 2.31. The molecule has 2 rings (SSSR count). The summed E-state index contributed by atoms with van der Waals surface area (Å²) in [6.45, 7) is 1.94. The lowest BCUT2D eigenvalue weighted by Gasteiger charge is -1.96. The molecule has 0 saturated heterocycles. The molecule has 16 heavy (non-hydrogen) atoms. The first-order valence-electron chi connectivity index (χ1n) is 4.93. The number of fused-ring (bicyclic) bond motifs is 1. The van der Waals surface area contributed by atoms with Crippen LogP contribution in [0, 0.1) is 6.92 Å². The van der Waals surface area contributed by atoms with E-state index < -0.39 is 5.97 Å². The number of nitrogens with zero attached hydrogens (tertiary/aromatic N) is 2. The van der Waals surface area contributed by atoms with E-state index in [0.29, 0.717) is 17.3 Å². The number of aryl methyl sites for hydroxylation is 2. The van der Waals surface area contributed by atoms with E-state index in [4.69, 9.17) is 16.7 Å². The van der Waals surface area contributed by atoms with Gasteiger partial charge in [-0.05, 0) is 18.6 Å². The van der Waals surface area contributed by atoms with Gasteiger partial charge in [0.1, 0.15) is 10.8 Å². The molecule has 0 radical (unpaired) electrons. The van der Waals surface area contributed by atoms with E-state index in [9.17, 15) is 4.79 Å². The van der Waals surface area contributed by atoms with Gasteiger partial charge in [-0.15, -0.1) is 0 Å². The minimum absolute atomic E-state index is 0.0443. The lowest BCUT2D eigenvalue weighted by Crippen LogP contribution is -1.98. The fourth-order valence-electron chi connectivity index (χ4n) is 1.61. The van der Waals surface area contributed by atoms with Crippen molar-refractivity contribution in [2.75, 3.05) is 0 Å². The summed E-state index contributed by atoms with van der Waals surface area (Å²) in [5, 5.41) is 9.12. The zero-order valence-electron chi connectivity index (χ0n) is 8.77.